The number of aromatic nitrogens is 2. The summed E-state index contributed by atoms with van der Waals surface area (Å²) in [6, 6.07) is 11.1. The molecule has 0 aliphatic heterocycles. The summed E-state index contributed by atoms with van der Waals surface area (Å²) >= 11 is 5.92. The molecule has 5 heteroatoms. The SMILES string of the molecule is Oc1[nH]c2cc(Cl)ccc2c1C=NCc1ccccn1. The standard InChI is InChI=1S/C15H12ClN3O/c16-10-4-5-12-13(15(20)19-14(12)7-10)9-17-8-11-3-1-2-6-18-11/h1-7,9,19-20H,8H2. The molecule has 0 atom stereocenters. The molecule has 2 heterocycles. The molecule has 0 amide bonds. The largest absolute Gasteiger partial charge is 0.494 e. The number of pyridine rings is 1. The Kier molecular flexibility index (Phi) is 3.39. The minimum atomic E-state index is 0.0898. The predicted molar refractivity (Wildman–Crippen MR) is 80.5 cm³/mol. The van der Waals surface area contributed by atoms with Crippen LogP contribution in [-0.4, -0.2) is 21.3 Å². The lowest BCUT2D eigenvalue weighted by Gasteiger charge is -1.95. The molecule has 3 aromatic rings. The normalized spacial score (nSPS) is 11.4. The van der Waals surface area contributed by atoms with Crippen LogP contribution in [0.15, 0.2) is 47.6 Å². The topological polar surface area (TPSA) is 61.3 Å². The van der Waals surface area contributed by atoms with Gasteiger partial charge in [-0.2, -0.15) is 0 Å². The van der Waals surface area contributed by atoms with Crippen molar-refractivity contribution in [3.05, 3.63) is 58.9 Å². The Bertz CT molecular complexity index is 765. The summed E-state index contributed by atoms with van der Waals surface area (Å²) in [5.74, 6) is 0.0898. The highest BCUT2D eigenvalue weighted by Crippen LogP contribution is 2.27. The second-order valence-electron chi connectivity index (χ2n) is 4.37. The summed E-state index contributed by atoms with van der Waals surface area (Å²) < 4.78 is 0. The highest BCUT2D eigenvalue weighted by molar-refractivity contribution is 6.31. The van der Waals surface area contributed by atoms with Gasteiger partial charge in [0.25, 0.3) is 0 Å². The number of halogens is 1. The zero-order valence-corrected chi connectivity index (χ0v) is 11.3. The van der Waals surface area contributed by atoms with Crippen molar-refractivity contribution in [3.8, 4) is 5.88 Å². The first-order chi connectivity index (χ1) is 9.74. The molecule has 1 aromatic carbocycles. The van der Waals surface area contributed by atoms with Crippen LogP contribution in [-0.2, 0) is 6.54 Å². The van der Waals surface area contributed by atoms with Crippen LogP contribution < -0.4 is 0 Å². The summed E-state index contributed by atoms with van der Waals surface area (Å²) in [5, 5.41) is 11.4. The van der Waals surface area contributed by atoms with E-state index in [-0.39, 0.29) is 5.88 Å². The summed E-state index contributed by atoms with van der Waals surface area (Å²) in [7, 11) is 0. The Morgan fingerprint density at radius 1 is 1.30 bits per heavy atom. The number of benzene rings is 1. The van der Waals surface area contributed by atoms with Gasteiger partial charge < -0.3 is 10.1 Å². The number of rotatable bonds is 3. The van der Waals surface area contributed by atoms with Gasteiger partial charge in [-0.25, -0.2) is 0 Å². The third-order valence-corrected chi connectivity index (χ3v) is 3.21. The van der Waals surface area contributed by atoms with Crippen molar-refractivity contribution in [3.63, 3.8) is 0 Å². The highest BCUT2D eigenvalue weighted by Gasteiger charge is 2.08. The highest BCUT2D eigenvalue weighted by atomic mass is 35.5. The van der Waals surface area contributed by atoms with Crippen LogP contribution in [0.5, 0.6) is 5.88 Å². The Balaban J connectivity index is 1.89. The number of hydrogen-bond acceptors (Lipinski definition) is 3. The molecule has 100 valence electrons. The first kappa shape index (κ1) is 12.7. The van der Waals surface area contributed by atoms with E-state index in [2.05, 4.69) is 15.0 Å². The summed E-state index contributed by atoms with van der Waals surface area (Å²) in [6.45, 7) is 0.473. The second kappa shape index (κ2) is 5.35. The number of nitrogens with zero attached hydrogens (tertiary/aromatic N) is 2. The van der Waals surface area contributed by atoms with Crippen molar-refractivity contribution in [2.45, 2.75) is 6.54 Å². The number of aromatic amines is 1. The van der Waals surface area contributed by atoms with Crippen LogP contribution in [0.2, 0.25) is 5.02 Å². The van der Waals surface area contributed by atoms with Crippen LogP contribution in [0.1, 0.15) is 11.3 Å². The maximum atomic E-state index is 9.92. The fourth-order valence-electron chi connectivity index (χ4n) is 2.03. The molecule has 0 radical (unpaired) electrons. The van der Waals surface area contributed by atoms with Crippen LogP contribution in [0.4, 0.5) is 0 Å². The van der Waals surface area contributed by atoms with Crippen molar-refractivity contribution < 1.29 is 5.11 Å². The maximum Gasteiger partial charge on any atom is 0.198 e. The number of nitrogens with one attached hydrogen (secondary N) is 1. The van der Waals surface area contributed by atoms with E-state index in [1.165, 1.54) is 0 Å². The smallest absolute Gasteiger partial charge is 0.198 e. The minimum Gasteiger partial charge on any atom is -0.494 e. The van der Waals surface area contributed by atoms with Crippen molar-refractivity contribution in [1.29, 1.82) is 0 Å². The zero-order valence-electron chi connectivity index (χ0n) is 10.5. The number of aromatic hydroxyl groups is 1. The molecule has 20 heavy (non-hydrogen) atoms. The number of hydrogen-bond donors (Lipinski definition) is 2. The van der Waals surface area contributed by atoms with Gasteiger partial charge >= 0.3 is 0 Å². The monoisotopic (exact) mass is 285 g/mol. The average molecular weight is 286 g/mol. The lowest BCUT2D eigenvalue weighted by Crippen LogP contribution is -1.87. The third-order valence-electron chi connectivity index (χ3n) is 2.98. The Labute approximate surface area is 120 Å². The molecule has 0 aliphatic rings. The van der Waals surface area contributed by atoms with Crippen LogP contribution in [0.3, 0.4) is 0 Å². The summed E-state index contributed by atoms with van der Waals surface area (Å²) in [5.41, 5.74) is 2.33. The van der Waals surface area contributed by atoms with Crippen LogP contribution in [0.25, 0.3) is 10.9 Å². The van der Waals surface area contributed by atoms with Gasteiger partial charge in [0.2, 0.25) is 0 Å². The molecular formula is C15H12ClN3O. The van der Waals surface area contributed by atoms with E-state index in [9.17, 15) is 5.11 Å². The van der Waals surface area contributed by atoms with Crippen molar-refractivity contribution in [1.82, 2.24) is 9.97 Å². The fraction of sp³-hybridized carbons (Fsp3) is 0.0667. The molecule has 0 aliphatic carbocycles. The van der Waals surface area contributed by atoms with Gasteiger partial charge in [-0.05, 0) is 24.3 Å². The first-order valence-corrected chi connectivity index (χ1v) is 6.52. The van der Waals surface area contributed by atoms with Gasteiger partial charge in [0.1, 0.15) is 0 Å². The van der Waals surface area contributed by atoms with E-state index in [4.69, 9.17) is 11.6 Å². The molecule has 2 aromatic heterocycles. The van der Waals surface area contributed by atoms with Gasteiger partial charge in [-0.15, -0.1) is 0 Å². The molecule has 3 rings (SSSR count). The Morgan fingerprint density at radius 3 is 3.00 bits per heavy atom. The summed E-state index contributed by atoms with van der Waals surface area (Å²) in [6.07, 6.45) is 3.38. The lowest BCUT2D eigenvalue weighted by molar-refractivity contribution is 0.457. The van der Waals surface area contributed by atoms with Gasteiger partial charge in [0, 0.05) is 22.8 Å². The molecule has 0 fully saturated rings. The zero-order chi connectivity index (χ0) is 13.9. The molecule has 0 spiro atoms. The summed E-state index contributed by atoms with van der Waals surface area (Å²) in [4.78, 5) is 11.4. The fourth-order valence-corrected chi connectivity index (χ4v) is 2.20. The first-order valence-electron chi connectivity index (χ1n) is 6.14. The second-order valence-corrected chi connectivity index (χ2v) is 4.80. The molecule has 4 nitrogen and oxygen atoms in total. The predicted octanol–water partition coefficient (Wildman–Crippen LogP) is 3.54. The van der Waals surface area contributed by atoms with E-state index in [0.29, 0.717) is 17.1 Å². The van der Waals surface area contributed by atoms with Crippen molar-refractivity contribution in [2.75, 3.05) is 0 Å². The van der Waals surface area contributed by atoms with Gasteiger partial charge in [-0.1, -0.05) is 23.7 Å². The molecule has 0 saturated carbocycles. The van der Waals surface area contributed by atoms with Crippen molar-refractivity contribution in [2.24, 2.45) is 4.99 Å². The molecule has 0 saturated heterocycles. The van der Waals surface area contributed by atoms with E-state index < -0.39 is 0 Å². The maximum absolute atomic E-state index is 9.92. The van der Waals surface area contributed by atoms with Crippen LogP contribution >= 0.6 is 11.6 Å². The van der Waals surface area contributed by atoms with E-state index in [1.54, 1.807) is 24.5 Å². The quantitative estimate of drug-likeness (QED) is 0.723. The molecule has 0 bridgehead atoms. The Morgan fingerprint density at radius 2 is 2.20 bits per heavy atom. The number of aliphatic imine (C=N–C) groups is 1. The van der Waals surface area contributed by atoms with Crippen molar-refractivity contribution >= 4 is 28.7 Å². The molecular weight excluding hydrogens is 274 g/mol. The van der Waals surface area contributed by atoms with Gasteiger partial charge in [0.15, 0.2) is 5.88 Å². The number of fused-ring (bicyclic) bond motifs is 1. The van der Waals surface area contributed by atoms with Crippen LogP contribution in [0, 0.1) is 0 Å². The minimum absolute atomic E-state index is 0.0898. The molecule has 0 unspecified atom stereocenters. The van der Waals surface area contributed by atoms with E-state index in [0.717, 1.165) is 16.6 Å². The average Bonchev–Trinajstić information content (AvgIpc) is 2.75. The van der Waals surface area contributed by atoms with Gasteiger partial charge in [0.05, 0.1) is 23.3 Å². The van der Waals surface area contributed by atoms with E-state index in [1.807, 2.05) is 24.3 Å². The third kappa shape index (κ3) is 2.51. The Hall–Kier alpha value is -2.33. The molecule has 2 N–H and O–H groups in total. The lowest BCUT2D eigenvalue weighted by atomic mass is 10.2. The van der Waals surface area contributed by atoms with Gasteiger partial charge in [-0.3, -0.25) is 9.98 Å². The van der Waals surface area contributed by atoms with E-state index >= 15 is 0 Å². The number of H-pyrrole nitrogens is 1.